The zero-order valence-corrected chi connectivity index (χ0v) is 8.03. The lowest BCUT2D eigenvalue weighted by molar-refractivity contribution is 0.638. The Hall–Kier alpha value is -1.11. The van der Waals surface area contributed by atoms with Crippen molar-refractivity contribution in [3.05, 3.63) is 35.4 Å². The first kappa shape index (κ1) is 8.49. The summed E-state index contributed by atoms with van der Waals surface area (Å²) in [5.74, 6) is 0.707. The van der Waals surface area contributed by atoms with E-state index in [9.17, 15) is 0 Å². The van der Waals surface area contributed by atoms with Gasteiger partial charge >= 0.3 is 0 Å². The molecule has 0 fully saturated rings. The van der Waals surface area contributed by atoms with Crippen LogP contribution < -0.4 is 0 Å². The van der Waals surface area contributed by atoms with Crippen LogP contribution >= 0.6 is 0 Å². The van der Waals surface area contributed by atoms with Gasteiger partial charge in [-0.3, -0.25) is 4.99 Å². The molecule has 68 valence electrons. The van der Waals surface area contributed by atoms with Crippen molar-refractivity contribution in [2.75, 3.05) is 6.54 Å². The Morgan fingerprint density at radius 3 is 2.62 bits per heavy atom. The second kappa shape index (κ2) is 3.73. The van der Waals surface area contributed by atoms with Crippen LogP contribution in [0.2, 0.25) is 0 Å². The smallest absolute Gasteiger partial charge is 0.0391 e. The first-order valence-corrected chi connectivity index (χ1v) is 4.91. The maximum atomic E-state index is 4.25. The summed E-state index contributed by atoms with van der Waals surface area (Å²) in [6.45, 7) is 3.13. The van der Waals surface area contributed by atoms with Gasteiger partial charge in [-0.05, 0) is 37.5 Å². The highest BCUT2D eigenvalue weighted by atomic mass is 14.7. The van der Waals surface area contributed by atoms with Crippen molar-refractivity contribution in [3.8, 4) is 0 Å². The molecule has 2 rings (SSSR count). The predicted molar refractivity (Wildman–Crippen MR) is 56.5 cm³/mol. The number of nitrogens with zero attached hydrogens (tertiary/aromatic N) is 1. The van der Waals surface area contributed by atoms with E-state index >= 15 is 0 Å². The van der Waals surface area contributed by atoms with E-state index in [0.717, 1.165) is 13.0 Å². The van der Waals surface area contributed by atoms with Gasteiger partial charge in [0.2, 0.25) is 0 Å². The van der Waals surface area contributed by atoms with E-state index in [1.165, 1.54) is 17.5 Å². The molecule has 0 bridgehead atoms. The van der Waals surface area contributed by atoms with Crippen LogP contribution in [-0.2, 0) is 0 Å². The topological polar surface area (TPSA) is 12.4 Å². The van der Waals surface area contributed by atoms with Crippen LogP contribution in [0.1, 0.15) is 29.9 Å². The van der Waals surface area contributed by atoms with E-state index in [1.54, 1.807) is 0 Å². The van der Waals surface area contributed by atoms with Gasteiger partial charge in [-0.15, -0.1) is 0 Å². The molecule has 0 saturated heterocycles. The monoisotopic (exact) mass is 173 g/mol. The number of aryl methyl sites for hydroxylation is 1. The number of aliphatic imine (C=N–C) groups is 1. The van der Waals surface area contributed by atoms with Crippen molar-refractivity contribution in [1.82, 2.24) is 0 Å². The van der Waals surface area contributed by atoms with Gasteiger partial charge in [0.1, 0.15) is 0 Å². The van der Waals surface area contributed by atoms with E-state index in [0.29, 0.717) is 5.92 Å². The molecular weight excluding hydrogens is 158 g/mol. The second-order valence-corrected chi connectivity index (χ2v) is 3.72. The van der Waals surface area contributed by atoms with Gasteiger partial charge in [-0.2, -0.15) is 0 Å². The molecule has 0 radical (unpaired) electrons. The lowest BCUT2D eigenvalue weighted by atomic mass is 9.91. The molecule has 0 saturated carbocycles. The summed E-state index contributed by atoms with van der Waals surface area (Å²) in [7, 11) is 0. The highest BCUT2D eigenvalue weighted by Gasteiger charge is 2.11. The van der Waals surface area contributed by atoms with Gasteiger partial charge in [0, 0.05) is 6.54 Å². The molecule has 0 aliphatic carbocycles. The molecule has 1 aliphatic rings. The first-order chi connectivity index (χ1) is 6.36. The Kier molecular flexibility index (Phi) is 2.44. The molecular formula is C12H15N. The largest absolute Gasteiger partial charge is 0.297 e. The molecule has 1 unspecified atom stereocenters. The minimum Gasteiger partial charge on any atom is -0.297 e. The van der Waals surface area contributed by atoms with Crippen LogP contribution in [0.3, 0.4) is 0 Å². The van der Waals surface area contributed by atoms with Gasteiger partial charge < -0.3 is 0 Å². The Balaban J connectivity index is 2.15. The Morgan fingerprint density at radius 1 is 1.23 bits per heavy atom. The predicted octanol–water partition coefficient (Wildman–Crippen LogP) is 2.94. The molecule has 1 heteroatoms. The lowest BCUT2D eigenvalue weighted by Gasteiger charge is -2.17. The Morgan fingerprint density at radius 2 is 2.00 bits per heavy atom. The summed E-state index contributed by atoms with van der Waals surface area (Å²) >= 11 is 0. The molecule has 1 nitrogen and oxygen atoms in total. The maximum Gasteiger partial charge on any atom is 0.0391 e. The third-order valence-corrected chi connectivity index (χ3v) is 2.67. The van der Waals surface area contributed by atoms with Crippen LogP contribution in [0.15, 0.2) is 29.3 Å². The van der Waals surface area contributed by atoms with E-state index in [4.69, 9.17) is 0 Å². The van der Waals surface area contributed by atoms with Crippen molar-refractivity contribution in [3.63, 3.8) is 0 Å². The zero-order valence-electron chi connectivity index (χ0n) is 8.03. The fourth-order valence-electron chi connectivity index (χ4n) is 1.78. The molecule has 0 amide bonds. The highest BCUT2D eigenvalue weighted by molar-refractivity contribution is 5.60. The molecule has 1 atom stereocenters. The fourth-order valence-corrected chi connectivity index (χ4v) is 1.78. The normalized spacial score (nSPS) is 21.8. The van der Waals surface area contributed by atoms with Crippen molar-refractivity contribution in [2.24, 2.45) is 4.99 Å². The van der Waals surface area contributed by atoms with E-state index in [-0.39, 0.29) is 0 Å². The van der Waals surface area contributed by atoms with Crippen LogP contribution in [-0.4, -0.2) is 12.8 Å². The van der Waals surface area contributed by atoms with Gasteiger partial charge in [-0.25, -0.2) is 0 Å². The van der Waals surface area contributed by atoms with Crippen molar-refractivity contribution < 1.29 is 0 Å². The lowest BCUT2D eigenvalue weighted by Crippen LogP contribution is -2.06. The number of hydrogen-bond donors (Lipinski definition) is 0. The highest BCUT2D eigenvalue weighted by Crippen LogP contribution is 2.24. The van der Waals surface area contributed by atoms with Crippen molar-refractivity contribution in [1.29, 1.82) is 0 Å². The SMILES string of the molecule is Cc1ccc(C2CC=NCC2)cc1. The molecule has 13 heavy (non-hydrogen) atoms. The van der Waals surface area contributed by atoms with Crippen molar-refractivity contribution in [2.45, 2.75) is 25.7 Å². The van der Waals surface area contributed by atoms with Crippen LogP contribution in [0.5, 0.6) is 0 Å². The van der Waals surface area contributed by atoms with Crippen LogP contribution in [0.4, 0.5) is 0 Å². The van der Waals surface area contributed by atoms with Gasteiger partial charge in [0.05, 0.1) is 0 Å². The fraction of sp³-hybridized carbons (Fsp3) is 0.417. The summed E-state index contributed by atoms with van der Waals surface area (Å²) in [5.41, 5.74) is 2.81. The summed E-state index contributed by atoms with van der Waals surface area (Å²) in [4.78, 5) is 4.25. The average Bonchev–Trinajstić information content (AvgIpc) is 2.20. The van der Waals surface area contributed by atoms with Crippen LogP contribution in [0, 0.1) is 6.92 Å². The van der Waals surface area contributed by atoms with Crippen molar-refractivity contribution >= 4 is 6.21 Å². The first-order valence-electron chi connectivity index (χ1n) is 4.91. The molecule has 0 aromatic heterocycles. The zero-order chi connectivity index (χ0) is 9.10. The summed E-state index contributed by atoms with van der Waals surface area (Å²) in [5, 5.41) is 0. The van der Waals surface area contributed by atoms with Gasteiger partial charge in [0.15, 0.2) is 0 Å². The Bertz CT molecular complexity index is 297. The standard InChI is InChI=1S/C12H15N/c1-10-2-4-11(5-3-10)12-6-8-13-9-7-12/h2-5,8,12H,6-7,9H2,1H3. The Labute approximate surface area is 79.5 Å². The molecule has 1 heterocycles. The summed E-state index contributed by atoms with van der Waals surface area (Å²) < 4.78 is 0. The third kappa shape index (κ3) is 1.97. The maximum absolute atomic E-state index is 4.25. The van der Waals surface area contributed by atoms with Gasteiger partial charge in [0.25, 0.3) is 0 Å². The number of rotatable bonds is 1. The molecule has 0 N–H and O–H groups in total. The van der Waals surface area contributed by atoms with Crippen LogP contribution in [0.25, 0.3) is 0 Å². The third-order valence-electron chi connectivity index (χ3n) is 2.67. The summed E-state index contributed by atoms with van der Waals surface area (Å²) in [6.07, 6.45) is 4.39. The average molecular weight is 173 g/mol. The minimum atomic E-state index is 0.707. The van der Waals surface area contributed by atoms with Gasteiger partial charge in [-0.1, -0.05) is 29.8 Å². The van der Waals surface area contributed by atoms with E-state index in [1.807, 2.05) is 0 Å². The van der Waals surface area contributed by atoms with E-state index in [2.05, 4.69) is 42.4 Å². The minimum absolute atomic E-state index is 0.707. The number of benzene rings is 1. The van der Waals surface area contributed by atoms with E-state index < -0.39 is 0 Å². The summed E-state index contributed by atoms with van der Waals surface area (Å²) in [6, 6.07) is 8.89. The molecule has 1 aromatic carbocycles. The molecule has 1 aliphatic heterocycles. The quantitative estimate of drug-likeness (QED) is 0.619. The molecule has 0 spiro atoms. The molecule has 1 aromatic rings. The second-order valence-electron chi connectivity index (χ2n) is 3.72. The number of hydrogen-bond acceptors (Lipinski definition) is 1.